The van der Waals surface area contributed by atoms with Crippen molar-refractivity contribution in [1.82, 2.24) is 4.90 Å². The molecule has 0 spiro atoms. The average molecular weight is 411 g/mol. The predicted molar refractivity (Wildman–Crippen MR) is 109 cm³/mol. The lowest BCUT2D eigenvalue weighted by Crippen LogP contribution is -2.41. The normalized spacial score (nSPS) is 13.1. The smallest absolute Gasteiger partial charge is 0.261 e. The Balaban J connectivity index is 1.43. The zero-order valence-corrected chi connectivity index (χ0v) is 16.0. The number of anilines is 1. The van der Waals surface area contributed by atoms with E-state index in [0.717, 1.165) is 16.4 Å². The molecule has 29 heavy (non-hydrogen) atoms. The van der Waals surface area contributed by atoms with Gasteiger partial charge in [-0.05, 0) is 42.1 Å². The molecular formula is C22H16ClFN2O3. The molecule has 3 aromatic rings. The summed E-state index contributed by atoms with van der Waals surface area (Å²) < 4.78 is 13.8. The van der Waals surface area contributed by atoms with Crippen LogP contribution in [0.2, 0.25) is 5.02 Å². The largest absolute Gasteiger partial charge is 0.324 e. The van der Waals surface area contributed by atoms with Gasteiger partial charge in [-0.15, -0.1) is 0 Å². The summed E-state index contributed by atoms with van der Waals surface area (Å²) in [6.07, 6.45) is 0.293. The number of benzene rings is 3. The SMILES string of the molecule is O=C(CCCN1C(=O)c2cccc3cccc(c23)C1=O)Nc1ccc(Cl)cc1F. The van der Waals surface area contributed by atoms with Crippen LogP contribution in [0.15, 0.2) is 54.6 Å². The molecule has 0 aliphatic carbocycles. The van der Waals surface area contributed by atoms with Crippen molar-refractivity contribution in [2.45, 2.75) is 12.8 Å². The van der Waals surface area contributed by atoms with Crippen LogP contribution in [0.5, 0.6) is 0 Å². The van der Waals surface area contributed by atoms with Crippen molar-refractivity contribution in [3.05, 3.63) is 76.6 Å². The Kier molecular flexibility index (Phi) is 5.03. The average Bonchev–Trinajstić information content (AvgIpc) is 2.70. The molecule has 5 nitrogen and oxygen atoms in total. The number of imide groups is 1. The molecule has 0 radical (unpaired) electrons. The van der Waals surface area contributed by atoms with Gasteiger partial charge in [0.05, 0.1) is 5.69 Å². The first kappa shape index (κ1) is 19.1. The van der Waals surface area contributed by atoms with Crippen molar-refractivity contribution in [2.75, 3.05) is 11.9 Å². The summed E-state index contributed by atoms with van der Waals surface area (Å²) in [6, 6.07) is 14.6. The van der Waals surface area contributed by atoms with Gasteiger partial charge in [-0.3, -0.25) is 19.3 Å². The van der Waals surface area contributed by atoms with Crippen LogP contribution < -0.4 is 5.32 Å². The minimum absolute atomic E-state index is 0.0325. The van der Waals surface area contributed by atoms with Crippen molar-refractivity contribution >= 4 is 45.8 Å². The Labute approximate surface area is 171 Å². The molecule has 0 fully saturated rings. The van der Waals surface area contributed by atoms with E-state index >= 15 is 0 Å². The Bertz CT molecular complexity index is 1110. The molecule has 1 aliphatic rings. The number of nitrogens with zero attached hydrogens (tertiary/aromatic N) is 1. The van der Waals surface area contributed by atoms with Crippen LogP contribution in [0, 0.1) is 5.82 Å². The summed E-state index contributed by atoms with van der Waals surface area (Å²) in [6.45, 7) is 0.0961. The summed E-state index contributed by atoms with van der Waals surface area (Å²) in [5, 5.41) is 4.21. The van der Waals surface area contributed by atoms with E-state index in [0.29, 0.717) is 16.5 Å². The van der Waals surface area contributed by atoms with E-state index in [2.05, 4.69) is 5.32 Å². The van der Waals surface area contributed by atoms with E-state index in [4.69, 9.17) is 11.6 Å². The minimum atomic E-state index is -0.628. The van der Waals surface area contributed by atoms with E-state index in [1.54, 1.807) is 24.3 Å². The highest BCUT2D eigenvalue weighted by Gasteiger charge is 2.32. The molecule has 1 heterocycles. The third kappa shape index (κ3) is 3.59. The Hall–Kier alpha value is -3.25. The number of amides is 3. The molecular weight excluding hydrogens is 395 g/mol. The molecule has 3 aromatic carbocycles. The predicted octanol–water partition coefficient (Wildman–Crippen LogP) is 4.65. The first-order valence-corrected chi connectivity index (χ1v) is 9.46. The number of carbonyl (C=O) groups excluding carboxylic acids is 3. The van der Waals surface area contributed by atoms with Gasteiger partial charge in [0, 0.05) is 34.5 Å². The summed E-state index contributed by atoms with van der Waals surface area (Å²) in [7, 11) is 0. The highest BCUT2D eigenvalue weighted by Crippen LogP contribution is 2.30. The molecule has 1 N–H and O–H groups in total. The number of rotatable bonds is 5. The van der Waals surface area contributed by atoms with Gasteiger partial charge in [0.25, 0.3) is 11.8 Å². The van der Waals surface area contributed by atoms with Crippen molar-refractivity contribution in [3.63, 3.8) is 0 Å². The zero-order chi connectivity index (χ0) is 20.5. The van der Waals surface area contributed by atoms with Crippen LogP contribution in [-0.4, -0.2) is 29.2 Å². The lowest BCUT2D eigenvalue weighted by atomic mass is 9.94. The second-order valence-corrected chi connectivity index (χ2v) is 7.18. The maximum Gasteiger partial charge on any atom is 0.261 e. The van der Waals surface area contributed by atoms with E-state index in [-0.39, 0.29) is 41.9 Å². The van der Waals surface area contributed by atoms with Crippen LogP contribution in [-0.2, 0) is 4.79 Å². The van der Waals surface area contributed by atoms with Gasteiger partial charge < -0.3 is 5.32 Å². The minimum Gasteiger partial charge on any atom is -0.324 e. The fourth-order valence-electron chi connectivity index (χ4n) is 3.48. The van der Waals surface area contributed by atoms with Crippen LogP contribution >= 0.6 is 11.6 Å². The molecule has 0 unspecified atom stereocenters. The Morgan fingerprint density at radius 3 is 2.28 bits per heavy atom. The van der Waals surface area contributed by atoms with Crippen molar-refractivity contribution in [1.29, 1.82) is 0 Å². The van der Waals surface area contributed by atoms with E-state index in [1.165, 1.54) is 12.1 Å². The van der Waals surface area contributed by atoms with Crippen LogP contribution in [0.1, 0.15) is 33.6 Å². The fourth-order valence-corrected chi connectivity index (χ4v) is 3.64. The number of hydrogen-bond donors (Lipinski definition) is 1. The zero-order valence-electron chi connectivity index (χ0n) is 15.2. The number of hydrogen-bond acceptors (Lipinski definition) is 3. The van der Waals surface area contributed by atoms with Gasteiger partial charge in [0.2, 0.25) is 5.91 Å². The highest BCUT2D eigenvalue weighted by atomic mass is 35.5. The Morgan fingerprint density at radius 2 is 1.66 bits per heavy atom. The van der Waals surface area contributed by atoms with Crippen molar-refractivity contribution in [2.24, 2.45) is 0 Å². The molecule has 3 amide bonds. The summed E-state index contributed by atoms with van der Waals surface area (Å²) in [5.74, 6) is -1.78. The van der Waals surface area contributed by atoms with Crippen molar-refractivity contribution in [3.8, 4) is 0 Å². The van der Waals surface area contributed by atoms with Gasteiger partial charge in [-0.1, -0.05) is 35.9 Å². The molecule has 7 heteroatoms. The first-order chi connectivity index (χ1) is 14.0. The number of nitrogens with one attached hydrogen (secondary N) is 1. The molecule has 4 rings (SSSR count). The highest BCUT2D eigenvalue weighted by molar-refractivity contribution is 6.30. The maximum absolute atomic E-state index is 13.8. The summed E-state index contributed by atoms with van der Waals surface area (Å²) >= 11 is 5.69. The van der Waals surface area contributed by atoms with Gasteiger partial charge in [-0.25, -0.2) is 4.39 Å². The van der Waals surface area contributed by atoms with Gasteiger partial charge >= 0.3 is 0 Å². The van der Waals surface area contributed by atoms with Gasteiger partial charge in [0.15, 0.2) is 0 Å². The fraction of sp³-hybridized carbons (Fsp3) is 0.136. The number of halogens is 2. The molecule has 0 saturated carbocycles. The molecule has 0 aromatic heterocycles. The Morgan fingerprint density at radius 1 is 1.00 bits per heavy atom. The van der Waals surface area contributed by atoms with Crippen LogP contribution in [0.3, 0.4) is 0 Å². The lowest BCUT2D eigenvalue weighted by molar-refractivity contribution is -0.116. The monoisotopic (exact) mass is 410 g/mol. The molecule has 0 atom stereocenters. The second-order valence-electron chi connectivity index (χ2n) is 6.75. The first-order valence-electron chi connectivity index (χ1n) is 9.08. The quantitative estimate of drug-likeness (QED) is 0.623. The third-order valence-corrected chi connectivity index (χ3v) is 5.08. The molecule has 0 bridgehead atoms. The third-order valence-electron chi connectivity index (χ3n) is 4.85. The maximum atomic E-state index is 13.8. The number of carbonyl (C=O) groups is 3. The molecule has 0 saturated heterocycles. The summed E-state index contributed by atoms with van der Waals surface area (Å²) in [4.78, 5) is 38.9. The van der Waals surface area contributed by atoms with Gasteiger partial charge in [0.1, 0.15) is 5.82 Å². The van der Waals surface area contributed by atoms with Crippen LogP contribution in [0.4, 0.5) is 10.1 Å². The summed E-state index contributed by atoms with van der Waals surface area (Å²) in [5.41, 5.74) is 0.987. The van der Waals surface area contributed by atoms with Gasteiger partial charge in [-0.2, -0.15) is 0 Å². The standard InChI is InChI=1S/C22H16ClFN2O3/c23-14-9-10-18(17(24)12-14)25-19(27)8-3-11-26-21(28)15-6-1-4-13-5-2-7-16(20(13)15)22(26)29/h1-2,4-7,9-10,12H,3,8,11H2,(H,25,27). The van der Waals surface area contributed by atoms with Crippen molar-refractivity contribution < 1.29 is 18.8 Å². The molecule has 146 valence electrons. The topological polar surface area (TPSA) is 66.5 Å². The van der Waals surface area contributed by atoms with E-state index < -0.39 is 11.7 Å². The molecule has 1 aliphatic heterocycles. The van der Waals surface area contributed by atoms with Crippen LogP contribution in [0.25, 0.3) is 10.8 Å². The second kappa shape index (κ2) is 7.64. The lowest BCUT2D eigenvalue weighted by Gasteiger charge is -2.27. The van der Waals surface area contributed by atoms with E-state index in [9.17, 15) is 18.8 Å². The van der Waals surface area contributed by atoms with E-state index in [1.807, 2.05) is 12.1 Å².